The standard InChI is InChI=1S/C11H7BrCl2N2OS/c12-6-3-4-18-8(6)5-15-11(17)10-7(13)1-2-9(14)16-10/h1-4H,5H2,(H,15,17). The van der Waals surface area contributed by atoms with Crippen molar-refractivity contribution < 1.29 is 4.79 Å². The highest BCUT2D eigenvalue weighted by atomic mass is 79.9. The highest BCUT2D eigenvalue weighted by Crippen LogP contribution is 2.22. The van der Waals surface area contributed by atoms with E-state index in [1.165, 1.54) is 6.07 Å². The maximum atomic E-state index is 11.9. The maximum absolute atomic E-state index is 11.9. The van der Waals surface area contributed by atoms with Crippen LogP contribution in [0, 0.1) is 0 Å². The van der Waals surface area contributed by atoms with Gasteiger partial charge >= 0.3 is 0 Å². The fraction of sp³-hybridized carbons (Fsp3) is 0.0909. The molecule has 0 aliphatic heterocycles. The minimum Gasteiger partial charge on any atom is -0.346 e. The third-order valence-electron chi connectivity index (χ3n) is 2.13. The van der Waals surface area contributed by atoms with Crippen molar-refractivity contribution in [1.29, 1.82) is 0 Å². The normalized spacial score (nSPS) is 10.4. The van der Waals surface area contributed by atoms with Gasteiger partial charge in [-0.3, -0.25) is 4.79 Å². The van der Waals surface area contributed by atoms with Crippen LogP contribution in [-0.2, 0) is 6.54 Å². The minimum absolute atomic E-state index is 0.136. The fourth-order valence-corrected chi connectivity index (χ4v) is 3.04. The molecular weight excluding hydrogens is 359 g/mol. The zero-order valence-corrected chi connectivity index (χ0v) is 12.8. The summed E-state index contributed by atoms with van der Waals surface area (Å²) < 4.78 is 0.970. The molecule has 0 aliphatic rings. The van der Waals surface area contributed by atoms with Crippen LogP contribution in [0.15, 0.2) is 28.1 Å². The van der Waals surface area contributed by atoms with Crippen molar-refractivity contribution in [3.63, 3.8) is 0 Å². The van der Waals surface area contributed by atoms with Crippen LogP contribution in [0.25, 0.3) is 0 Å². The molecule has 0 radical (unpaired) electrons. The minimum atomic E-state index is -0.345. The average Bonchev–Trinajstić information content (AvgIpc) is 2.75. The highest BCUT2D eigenvalue weighted by Gasteiger charge is 2.13. The van der Waals surface area contributed by atoms with Crippen LogP contribution < -0.4 is 5.32 Å². The Morgan fingerprint density at radius 1 is 1.39 bits per heavy atom. The smallest absolute Gasteiger partial charge is 0.271 e. The molecule has 0 spiro atoms. The summed E-state index contributed by atoms with van der Waals surface area (Å²) in [5, 5.41) is 5.20. The Kier molecular flexibility index (Phi) is 4.61. The average molecular weight is 366 g/mol. The van der Waals surface area contributed by atoms with Gasteiger partial charge in [-0.05, 0) is 39.5 Å². The summed E-state index contributed by atoms with van der Waals surface area (Å²) in [6.45, 7) is 0.418. The van der Waals surface area contributed by atoms with E-state index >= 15 is 0 Å². The van der Waals surface area contributed by atoms with Gasteiger partial charge in [0.15, 0.2) is 0 Å². The number of nitrogens with zero attached hydrogens (tertiary/aromatic N) is 1. The SMILES string of the molecule is O=C(NCc1sccc1Br)c1nc(Cl)ccc1Cl. The number of pyridine rings is 1. The predicted molar refractivity (Wildman–Crippen MR) is 77.4 cm³/mol. The molecule has 2 rings (SSSR count). The van der Waals surface area contributed by atoms with Crippen molar-refractivity contribution >= 4 is 56.4 Å². The number of thiophene rings is 1. The Hall–Kier alpha value is -0.620. The zero-order valence-electron chi connectivity index (χ0n) is 8.91. The second-order valence-electron chi connectivity index (χ2n) is 3.34. The molecule has 18 heavy (non-hydrogen) atoms. The number of aromatic nitrogens is 1. The van der Waals surface area contributed by atoms with Crippen LogP contribution >= 0.6 is 50.5 Å². The van der Waals surface area contributed by atoms with E-state index in [9.17, 15) is 4.79 Å². The van der Waals surface area contributed by atoms with Crippen molar-refractivity contribution in [3.8, 4) is 0 Å². The van der Waals surface area contributed by atoms with Crippen molar-refractivity contribution in [3.05, 3.63) is 48.8 Å². The first-order chi connectivity index (χ1) is 8.58. The molecule has 1 amide bonds. The molecule has 1 N–H and O–H groups in total. The fourth-order valence-electron chi connectivity index (χ4n) is 1.27. The van der Waals surface area contributed by atoms with E-state index in [0.717, 1.165) is 9.35 Å². The van der Waals surface area contributed by atoms with Gasteiger partial charge in [0.1, 0.15) is 10.8 Å². The van der Waals surface area contributed by atoms with Gasteiger partial charge in [0.25, 0.3) is 5.91 Å². The maximum Gasteiger partial charge on any atom is 0.271 e. The van der Waals surface area contributed by atoms with Gasteiger partial charge in [-0.15, -0.1) is 11.3 Å². The van der Waals surface area contributed by atoms with Crippen LogP contribution in [0.4, 0.5) is 0 Å². The number of hydrogen-bond donors (Lipinski definition) is 1. The summed E-state index contributed by atoms with van der Waals surface area (Å²) in [7, 11) is 0. The molecule has 7 heteroatoms. The second kappa shape index (κ2) is 6.02. The topological polar surface area (TPSA) is 42.0 Å². The third-order valence-corrected chi connectivity index (χ3v) is 4.57. The summed E-state index contributed by atoms with van der Waals surface area (Å²) in [6.07, 6.45) is 0. The van der Waals surface area contributed by atoms with Crippen LogP contribution in [0.1, 0.15) is 15.4 Å². The van der Waals surface area contributed by atoms with Gasteiger partial charge in [0, 0.05) is 9.35 Å². The lowest BCUT2D eigenvalue weighted by atomic mass is 10.3. The first kappa shape index (κ1) is 13.8. The molecule has 0 fully saturated rings. The van der Waals surface area contributed by atoms with Gasteiger partial charge in [0.2, 0.25) is 0 Å². The van der Waals surface area contributed by atoms with E-state index < -0.39 is 0 Å². The van der Waals surface area contributed by atoms with E-state index in [1.807, 2.05) is 11.4 Å². The molecule has 0 saturated carbocycles. The summed E-state index contributed by atoms with van der Waals surface area (Å²) in [4.78, 5) is 16.8. The van der Waals surface area contributed by atoms with Gasteiger partial charge in [-0.1, -0.05) is 23.2 Å². The van der Waals surface area contributed by atoms with Crippen molar-refractivity contribution in [2.45, 2.75) is 6.54 Å². The lowest BCUT2D eigenvalue weighted by molar-refractivity contribution is 0.0946. The molecule has 94 valence electrons. The Labute approximate surface area is 126 Å². The van der Waals surface area contributed by atoms with E-state index in [2.05, 4.69) is 26.2 Å². The Morgan fingerprint density at radius 2 is 2.17 bits per heavy atom. The summed E-state index contributed by atoms with van der Waals surface area (Å²) in [5.41, 5.74) is 0.136. The van der Waals surface area contributed by atoms with Crippen LogP contribution in [0.5, 0.6) is 0 Å². The largest absolute Gasteiger partial charge is 0.346 e. The van der Waals surface area contributed by atoms with E-state index in [-0.39, 0.29) is 21.8 Å². The number of carbonyl (C=O) groups is 1. The molecule has 0 bridgehead atoms. The van der Waals surface area contributed by atoms with E-state index in [1.54, 1.807) is 17.4 Å². The summed E-state index contributed by atoms with van der Waals surface area (Å²) in [5.74, 6) is -0.345. The number of nitrogens with one attached hydrogen (secondary N) is 1. The molecular formula is C11H7BrCl2N2OS. The molecule has 0 aromatic carbocycles. The molecule has 0 saturated heterocycles. The van der Waals surface area contributed by atoms with E-state index in [0.29, 0.717) is 6.54 Å². The molecule has 2 heterocycles. The van der Waals surface area contributed by atoms with Crippen molar-refractivity contribution in [2.24, 2.45) is 0 Å². The quantitative estimate of drug-likeness (QED) is 0.830. The molecule has 2 aromatic heterocycles. The van der Waals surface area contributed by atoms with Gasteiger partial charge in [-0.25, -0.2) is 4.98 Å². The molecule has 0 unspecified atom stereocenters. The van der Waals surface area contributed by atoms with Crippen LogP contribution in [0.2, 0.25) is 10.2 Å². The van der Waals surface area contributed by atoms with Crippen molar-refractivity contribution in [2.75, 3.05) is 0 Å². The molecule has 0 aliphatic carbocycles. The summed E-state index contributed by atoms with van der Waals surface area (Å²) in [6, 6.07) is 5.01. The number of carbonyl (C=O) groups excluding carboxylic acids is 1. The highest BCUT2D eigenvalue weighted by molar-refractivity contribution is 9.10. The molecule has 0 atom stereocenters. The third kappa shape index (κ3) is 3.23. The van der Waals surface area contributed by atoms with Crippen LogP contribution in [-0.4, -0.2) is 10.9 Å². The zero-order chi connectivity index (χ0) is 13.1. The van der Waals surface area contributed by atoms with Gasteiger partial charge < -0.3 is 5.32 Å². The van der Waals surface area contributed by atoms with Gasteiger partial charge in [0.05, 0.1) is 11.6 Å². The summed E-state index contributed by atoms with van der Waals surface area (Å²) >= 11 is 16.6. The first-order valence-electron chi connectivity index (χ1n) is 4.90. The number of halogens is 3. The Balaban J connectivity index is 2.08. The predicted octanol–water partition coefficient (Wildman–Crippen LogP) is 4.14. The Morgan fingerprint density at radius 3 is 2.83 bits per heavy atom. The lowest BCUT2D eigenvalue weighted by Gasteiger charge is -2.05. The van der Waals surface area contributed by atoms with Gasteiger partial charge in [-0.2, -0.15) is 0 Å². The number of rotatable bonds is 3. The van der Waals surface area contributed by atoms with Crippen LogP contribution in [0.3, 0.4) is 0 Å². The molecule has 2 aromatic rings. The number of amides is 1. The number of hydrogen-bond acceptors (Lipinski definition) is 3. The monoisotopic (exact) mass is 364 g/mol. The lowest BCUT2D eigenvalue weighted by Crippen LogP contribution is -2.24. The first-order valence-corrected chi connectivity index (χ1v) is 7.33. The van der Waals surface area contributed by atoms with Crippen molar-refractivity contribution in [1.82, 2.24) is 10.3 Å². The second-order valence-corrected chi connectivity index (χ2v) is 5.99. The van der Waals surface area contributed by atoms with E-state index in [4.69, 9.17) is 23.2 Å². The molecule has 3 nitrogen and oxygen atoms in total. The Bertz CT molecular complexity index is 588.